The number of esters is 2. The van der Waals surface area contributed by atoms with Gasteiger partial charge in [0.2, 0.25) is 0 Å². The number of carbonyl (C=O) groups excluding carboxylic acids is 2. The molecule has 81 heavy (non-hydrogen) atoms. The molecule has 7 nitrogen and oxygen atoms in total. The standard InChI is InChI=1S/C74H142O7/c1-11-15-19-23-27-31-35-39-43-47-51-55-67(56-52-48-44-40-36-32-28-24-20-16-12-2)71(75)77-59-69-63(7)61(5)65(9)73(79-69)81-74-66(10)62(6)64(8)70(80-74)60-78-72(76)68(57-53-49-45-41-37-33-29-25-21-17-13-3)58-54-50-46-42-38-34-30-26-22-18-14-4/h61-70,73-74H,11-60H2,1-10H3/t61-,62-,63-,64-,65?,66?,69?,70?,73+,74+/m0/s1. The van der Waals surface area contributed by atoms with Gasteiger partial charge in [0, 0.05) is 11.8 Å². The van der Waals surface area contributed by atoms with Crippen molar-refractivity contribution in [1.82, 2.24) is 0 Å². The van der Waals surface area contributed by atoms with Gasteiger partial charge in [-0.15, -0.1) is 0 Å². The fourth-order valence-corrected chi connectivity index (χ4v) is 13.3. The fraction of sp³-hybridized carbons (Fsp3) is 0.973. The van der Waals surface area contributed by atoms with E-state index in [1.165, 1.54) is 257 Å². The second kappa shape index (κ2) is 52.0. The molecule has 0 N–H and O–H groups in total. The van der Waals surface area contributed by atoms with E-state index in [-0.39, 0.29) is 72.9 Å². The molecular weight excluding hydrogens is 1000 g/mol. The van der Waals surface area contributed by atoms with Gasteiger partial charge in [0.15, 0.2) is 12.6 Å². The smallest absolute Gasteiger partial charge is 0.309 e. The molecular formula is C74H142O7. The summed E-state index contributed by atoms with van der Waals surface area (Å²) >= 11 is 0. The van der Waals surface area contributed by atoms with E-state index in [0.29, 0.717) is 11.8 Å². The molecule has 0 bridgehead atoms. The molecule has 2 rings (SSSR count). The molecule has 0 aromatic carbocycles. The van der Waals surface area contributed by atoms with E-state index < -0.39 is 12.6 Å². The van der Waals surface area contributed by atoms with Crippen LogP contribution < -0.4 is 0 Å². The Hall–Kier alpha value is -1.18. The first-order chi connectivity index (χ1) is 39.5. The molecule has 0 aliphatic carbocycles. The summed E-state index contributed by atoms with van der Waals surface area (Å²) in [7, 11) is 0. The van der Waals surface area contributed by atoms with Gasteiger partial charge in [-0.2, -0.15) is 0 Å². The zero-order valence-corrected chi connectivity index (χ0v) is 56.1. The van der Waals surface area contributed by atoms with Gasteiger partial charge in [-0.3, -0.25) is 9.59 Å². The minimum Gasteiger partial charge on any atom is -0.463 e. The molecule has 2 aliphatic heterocycles. The number of hydrogen-bond acceptors (Lipinski definition) is 7. The van der Waals surface area contributed by atoms with E-state index >= 15 is 0 Å². The van der Waals surface area contributed by atoms with Crippen molar-refractivity contribution in [3.63, 3.8) is 0 Å². The van der Waals surface area contributed by atoms with E-state index in [9.17, 15) is 9.59 Å². The van der Waals surface area contributed by atoms with Gasteiger partial charge in [-0.05, 0) is 49.4 Å². The molecule has 0 aromatic rings. The summed E-state index contributed by atoms with van der Waals surface area (Å²) in [6.07, 6.45) is 60.0. The molecule has 2 fully saturated rings. The molecule has 10 atom stereocenters. The van der Waals surface area contributed by atoms with E-state index in [1.807, 2.05) is 0 Å². The van der Waals surface area contributed by atoms with Crippen LogP contribution in [0.15, 0.2) is 0 Å². The van der Waals surface area contributed by atoms with Gasteiger partial charge in [-0.1, -0.05) is 352 Å². The molecule has 480 valence electrons. The zero-order chi connectivity index (χ0) is 59.0. The molecule has 7 heteroatoms. The predicted molar refractivity (Wildman–Crippen MR) is 347 cm³/mol. The van der Waals surface area contributed by atoms with Crippen molar-refractivity contribution in [3.8, 4) is 0 Å². The highest BCUT2D eigenvalue weighted by Gasteiger charge is 2.46. The van der Waals surface area contributed by atoms with Crippen LogP contribution in [-0.2, 0) is 33.3 Å². The van der Waals surface area contributed by atoms with Crippen LogP contribution in [0.25, 0.3) is 0 Å². The summed E-state index contributed by atoms with van der Waals surface area (Å²) in [5.41, 5.74) is 0. The summed E-state index contributed by atoms with van der Waals surface area (Å²) < 4.78 is 33.3. The summed E-state index contributed by atoms with van der Waals surface area (Å²) in [5, 5.41) is 0. The highest BCUT2D eigenvalue weighted by Crippen LogP contribution is 2.41. The Balaban J connectivity index is 1.99. The highest BCUT2D eigenvalue weighted by molar-refractivity contribution is 5.72. The molecule has 2 aliphatic rings. The van der Waals surface area contributed by atoms with Crippen LogP contribution in [0.4, 0.5) is 0 Å². The number of rotatable bonds is 56. The SMILES string of the molecule is CCCCCCCCCCCCCC(CCCCCCCCCCCCC)C(=O)OCC1O[C@H](O[C@H]2OC(COC(=O)C(CCCCCCCCCCCCC)CCCCCCCCCCCCC)[C@@H](C)[C@H](C)C2C)C(C)[C@@H](C)[C@@H]1C. The maximum Gasteiger partial charge on any atom is 0.309 e. The maximum atomic E-state index is 14.1. The topological polar surface area (TPSA) is 80.3 Å². The van der Waals surface area contributed by atoms with Gasteiger partial charge >= 0.3 is 11.9 Å². The highest BCUT2D eigenvalue weighted by atomic mass is 16.8. The third-order valence-corrected chi connectivity index (χ3v) is 20.3. The summed E-state index contributed by atoms with van der Waals surface area (Å²) in [5.74, 6) is 1.16. The Bertz CT molecular complexity index is 1250. The molecule has 0 aromatic heterocycles. The zero-order valence-electron chi connectivity index (χ0n) is 56.1. The van der Waals surface area contributed by atoms with Crippen molar-refractivity contribution in [2.24, 2.45) is 47.3 Å². The van der Waals surface area contributed by atoms with Crippen LogP contribution in [0, 0.1) is 47.3 Å². The minimum absolute atomic E-state index is 0.0296. The Kier molecular flexibility index (Phi) is 48.7. The minimum atomic E-state index is -0.486. The van der Waals surface area contributed by atoms with Crippen molar-refractivity contribution < 1.29 is 33.3 Å². The van der Waals surface area contributed by atoms with E-state index in [1.54, 1.807) is 0 Å². The van der Waals surface area contributed by atoms with Crippen molar-refractivity contribution in [2.45, 2.75) is 402 Å². The number of hydrogen-bond donors (Lipinski definition) is 0. The molecule has 2 heterocycles. The first-order valence-electron chi connectivity index (χ1n) is 36.8. The lowest BCUT2D eigenvalue weighted by molar-refractivity contribution is -0.344. The fourth-order valence-electron chi connectivity index (χ4n) is 13.3. The lowest BCUT2D eigenvalue weighted by Gasteiger charge is -2.48. The Labute approximate surface area is 505 Å². The van der Waals surface area contributed by atoms with Crippen molar-refractivity contribution in [3.05, 3.63) is 0 Å². The summed E-state index contributed by atoms with van der Waals surface area (Å²) in [4.78, 5) is 28.2. The molecule has 0 spiro atoms. The lowest BCUT2D eigenvalue weighted by atomic mass is 9.78. The predicted octanol–water partition coefficient (Wildman–Crippen LogP) is 23.4. The van der Waals surface area contributed by atoms with Crippen molar-refractivity contribution in [2.75, 3.05) is 13.2 Å². The molecule has 4 unspecified atom stereocenters. The van der Waals surface area contributed by atoms with Crippen LogP contribution in [0.2, 0.25) is 0 Å². The van der Waals surface area contributed by atoms with E-state index in [0.717, 1.165) is 51.4 Å². The Morgan fingerprint density at radius 3 is 0.691 bits per heavy atom. The van der Waals surface area contributed by atoms with Gasteiger partial charge in [0.25, 0.3) is 0 Å². The second-order valence-electron chi connectivity index (χ2n) is 27.3. The number of ether oxygens (including phenoxy) is 5. The largest absolute Gasteiger partial charge is 0.463 e. The first kappa shape index (κ1) is 75.9. The molecule has 0 amide bonds. The second-order valence-corrected chi connectivity index (χ2v) is 27.3. The van der Waals surface area contributed by atoms with Crippen molar-refractivity contribution >= 4 is 11.9 Å². The van der Waals surface area contributed by atoms with Crippen LogP contribution in [-0.4, -0.2) is 49.9 Å². The number of carbonyl (C=O) groups is 2. The van der Waals surface area contributed by atoms with E-state index in [4.69, 9.17) is 23.7 Å². The van der Waals surface area contributed by atoms with Gasteiger partial charge in [0.1, 0.15) is 13.2 Å². The van der Waals surface area contributed by atoms with Gasteiger partial charge in [0.05, 0.1) is 24.0 Å². The normalized spacial score (nSPS) is 23.2. The van der Waals surface area contributed by atoms with Crippen molar-refractivity contribution in [1.29, 1.82) is 0 Å². The monoisotopic (exact) mass is 1140 g/mol. The van der Waals surface area contributed by atoms with Gasteiger partial charge < -0.3 is 23.7 Å². The third kappa shape index (κ3) is 36.5. The lowest BCUT2D eigenvalue weighted by Crippen LogP contribution is -2.53. The quantitative estimate of drug-likeness (QED) is 0.0443. The van der Waals surface area contributed by atoms with Crippen LogP contribution in [0.5, 0.6) is 0 Å². The van der Waals surface area contributed by atoms with Crippen LogP contribution in [0.1, 0.15) is 377 Å². The number of unbranched alkanes of at least 4 members (excludes halogenated alkanes) is 40. The first-order valence-corrected chi connectivity index (χ1v) is 36.8. The third-order valence-electron chi connectivity index (χ3n) is 20.3. The molecule has 0 saturated carbocycles. The van der Waals surface area contributed by atoms with Crippen LogP contribution in [0.3, 0.4) is 0 Å². The maximum absolute atomic E-state index is 14.1. The summed E-state index contributed by atoms with van der Waals surface area (Å²) in [6, 6.07) is 0. The van der Waals surface area contributed by atoms with E-state index in [2.05, 4.69) is 69.2 Å². The van der Waals surface area contributed by atoms with Gasteiger partial charge in [-0.25, -0.2) is 0 Å². The van der Waals surface area contributed by atoms with Crippen LogP contribution >= 0.6 is 0 Å². The summed E-state index contributed by atoms with van der Waals surface area (Å²) in [6.45, 7) is 23.2. The average Bonchev–Trinajstić information content (AvgIpc) is 3.48. The Morgan fingerprint density at radius 2 is 0.481 bits per heavy atom. The Morgan fingerprint density at radius 1 is 0.284 bits per heavy atom. The molecule has 0 radical (unpaired) electrons. The average molecular weight is 1140 g/mol. The molecule has 2 saturated heterocycles.